The highest BCUT2D eigenvalue weighted by molar-refractivity contribution is 9.10. The van der Waals surface area contributed by atoms with Crippen molar-refractivity contribution >= 4 is 15.9 Å². The van der Waals surface area contributed by atoms with Crippen molar-refractivity contribution in [1.29, 1.82) is 0 Å². The molecule has 0 aliphatic heterocycles. The zero-order chi connectivity index (χ0) is 14.0. The first-order valence-corrected chi connectivity index (χ1v) is 7.34. The number of rotatable bonds is 4. The van der Waals surface area contributed by atoms with Gasteiger partial charge in [-0.25, -0.2) is 4.68 Å². The molecule has 1 aromatic heterocycles. The third-order valence-electron chi connectivity index (χ3n) is 3.32. The predicted molar refractivity (Wildman–Crippen MR) is 80.4 cm³/mol. The molecule has 0 spiro atoms. The average Bonchev–Trinajstić information content (AvgIpc) is 2.84. The van der Waals surface area contributed by atoms with E-state index in [1.165, 1.54) is 5.56 Å². The number of hydrogen-bond acceptors (Lipinski definition) is 3. The van der Waals surface area contributed by atoms with E-state index in [0.29, 0.717) is 0 Å². The average molecular weight is 323 g/mol. The summed E-state index contributed by atoms with van der Waals surface area (Å²) in [5.41, 5.74) is 10.3. The van der Waals surface area contributed by atoms with E-state index < -0.39 is 0 Å². The Bertz CT molecular complexity index is 577. The number of hydrogen-bond donors (Lipinski definition) is 1. The first kappa shape index (κ1) is 14.2. The number of nitrogens with two attached hydrogens (primary N) is 1. The second-order valence-electron chi connectivity index (χ2n) is 4.63. The Kier molecular flexibility index (Phi) is 4.37. The lowest BCUT2D eigenvalue weighted by atomic mass is 10.1. The van der Waals surface area contributed by atoms with Gasteiger partial charge in [0.2, 0.25) is 0 Å². The molecule has 2 aromatic rings. The number of benzene rings is 1. The van der Waals surface area contributed by atoms with Gasteiger partial charge in [-0.2, -0.15) is 0 Å². The zero-order valence-corrected chi connectivity index (χ0v) is 13.1. The minimum absolute atomic E-state index is 0.0452. The van der Waals surface area contributed by atoms with E-state index in [4.69, 9.17) is 5.73 Å². The van der Waals surface area contributed by atoms with E-state index in [2.05, 4.69) is 59.1 Å². The Hall–Kier alpha value is -1.20. The first-order valence-electron chi connectivity index (χ1n) is 6.55. The summed E-state index contributed by atoms with van der Waals surface area (Å²) >= 11 is 3.50. The van der Waals surface area contributed by atoms with Crippen LogP contribution in [0.25, 0.3) is 5.69 Å². The second-order valence-corrected chi connectivity index (χ2v) is 5.55. The fourth-order valence-corrected chi connectivity index (χ4v) is 2.48. The summed E-state index contributed by atoms with van der Waals surface area (Å²) in [6.45, 7) is 6.24. The highest BCUT2D eigenvalue weighted by atomic mass is 79.9. The molecule has 2 N–H and O–H groups in total. The van der Waals surface area contributed by atoms with Crippen molar-refractivity contribution in [2.24, 2.45) is 5.73 Å². The van der Waals surface area contributed by atoms with Crippen LogP contribution < -0.4 is 5.73 Å². The molecular formula is C14H19BrN4. The molecule has 0 saturated heterocycles. The summed E-state index contributed by atoms with van der Waals surface area (Å²) < 4.78 is 2.94. The van der Waals surface area contributed by atoms with Crippen LogP contribution in [0.2, 0.25) is 0 Å². The lowest BCUT2D eigenvalue weighted by molar-refractivity contribution is 0.665. The molecule has 0 amide bonds. The van der Waals surface area contributed by atoms with Crippen LogP contribution in [0.4, 0.5) is 0 Å². The van der Waals surface area contributed by atoms with Crippen molar-refractivity contribution in [3.05, 3.63) is 39.6 Å². The second kappa shape index (κ2) is 5.84. The summed E-state index contributed by atoms with van der Waals surface area (Å²) in [7, 11) is 0. The van der Waals surface area contributed by atoms with Crippen LogP contribution in [0.1, 0.15) is 43.3 Å². The summed E-state index contributed by atoms with van der Waals surface area (Å²) in [6.07, 6.45) is 1.73. The lowest BCUT2D eigenvalue weighted by Gasteiger charge is -2.11. The monoisotopic (exact) mass is 322 g/mol. The van der Waals surface area contributed by atoms with Crippen LogP contribution in [-0.2, 0) is 6.42 Å². The first-order chi connectivity index (χ1) is 9.08. The van der Waals surface area contributed by atoms with Crippen LogP contribution >= 0.6 is 15.9 Å². The van der Waals surface area contributed by atoms with Gasteiger partial charge in [-0.05, 0) is 37.5 Å². The molecule has 0 saturated carbocycles. The normalized spacial score (nSPS) is 12.7. The van der Waals surface area contributed by atoms with Crippen LogP contribution in [0.5, 0.6) is 0 Å². The number of halogens is 1. The van der Waals surface area contributed by atoms with Crippen molar-refractivity contribution in [3.63, 3.8) is 0 Å². The number of aryl methyl sites for hydroxylation is 1. The van der Waals surface area contributed by atoms with Gasteiger partial charge in [0.25, 0.3) is 0 Å². The van der Waals surface area contributed by atoms with Gasteiger partial charge < -0.3 is 5.73 Å². The van der Waals surface area contributed by atoms with E-state index in [9.17, 15) is 0 Å². The van der Waals surface area contributed by atoms with Crippen LogP contribution in [0.3, 0.4) is 0 Å². The third-order valence-corrected chi connectivity index (χ3v) is 3.81. The van der Waals surface area contributed by atoms with Crippen LogP contribution in [0.15, 0.2) is 22.7 Å². The number of aromatic nitrogens is 3. The van der Waals surface area contributed by atoms with Gasteiger partial charge in [-0.1, -0.05) is 41.1 Å². The largest absolute Gasteiger partial charge is 0.323 e. The maximum atomic E-state index is 6.10. The fourth-order valence-electron chi connectivity index (χ4n) is 2.13. The minimum Gasteiger partial charge on any atom is -0.323 e. The van der Waals surface area contributed by atoms with Gasteiger partial charge in [0.05, 0.1) is 17.4 Å². The van der Waals surface area contributed by atoms with Crippen molar-refractivity contribution < 1.29 is 0 Å². The molecule has 0 aliphatic rings. The highest BCUT2D eigenvalue weighted by Gasteiger charge is 2.18. The van der Waals surface area contributed by atoms with E-state index in [1.807, 2.05) is 10.7 Å². The Balaban J connectivity index is 2.56. The Morgan fingerprint density at radius 2 is 2.11 bits per heavy atom. The summed E-state index contributed by atoms with van der Waals surface area (Å²) in [5.74, 6) is 0. The third kappa shape index (κ3) is 2.72. The molecular weight excluding hydrogens is 304 g/mol. The van der Waals surface area contributed by atoms with Crippen LogP contribution in [0, 0.1) is 6.92 Å². The molecule has 19 heavy (non-hydrogen) atoms. The molecule has 2 rings (SSSR count). The van der Waals surface area contributed by atoms with Crippen molar-refractivity contribution in [2.75, 3.05) is 0 Å². The topological polar surface area (TPSA) is 56.7 Å². The van der Waals surface area contributed by atoms with Crippen molar-refractivity contribution in [2.45, 2.75) is 39.7 Å². The van der Waals surface area contributed by atoms with Crippen molar-refractivity contribution in [3.8, 4) is 5.69 Å². The molecule has 1 atom stereocenters. The maximum Gasteiger partial charge on any atom is 0.103 e. The fraction of sp³-hybridized carbons (Fsp3) is 0.429. The molecule has 0 aliphatic carbocycles. The lowest BCUT2D eigenvalue weighted by Crippen LogP contribution is -2.12. The highest BCUT2D eigenvalue weighted by Crippen LogP contribution is 2.24. The maximum absolute atomic E-state index is 6.10. The summed E-state index contributed by atoms with van der Waals surface area (Å²) in [4.78, 5) is 0. The quantitative estimate of drug-likeness (QED) is 0.939. The van der Waals surface area contributed by atoms with E-state index >= 15 is 0 Å². The molecule has 1 unspecified atom stereocenters. The number of nitrogens with zero attached hydrogens (tertiary/aromatic N) is 3. The van der Waals surface area contributed by atoms with Crippen molar-refractivity contribution in [1.82, 2.24) is 15.0 Å². The molecule has 5 heteroatoms. The van der Waals surface area contributed by atoms with Gasteiger partial charge >= 0.3 is 0 Å². The predicted octanol–water partition coefficient (Wildman–Crippen LogP) is 3.31. The molecule has 0 radical (unpaired) electrons. The molecule has 102 valence electrons. The Morgan fingerprint density at radius 1 is 1.37 bits per heavy atom. The summed E-state index contributed by atoms with van der Waals surface area (Å²) in [5, 5.41) is 8.57. The smallest absolute Gasteiger partial charge is 0.103 e. The zero-order valence-electron chi connectivity index (χ0n) is 11.5. The van der Waals surface area contributed by atoms with Gasteiger partial charge in [0, 0.05) is 4.47 Å². The van der Waals surface area contributed by atoms with Gasteiger partial charge in [0.1, 0.15) is 5.69 Å². The Morgan fingerprint density at radius 3 is 2.74 bits per heavy atom. The Labute approximate surface area is 122 Å². The SMILES string of the molecule is CCc1c(C(N)CC)nnn1-c1cc(Br)ccc1C. The summed E-state index contributed by atoms with van der Waals surface area (Å²) in [6, 6.07) is 6.11. The van der Waals surface area contributed by atoms with E-state index in [-0.39, 0.29) is 6.04 Å². The molecule has 1 aromatic carbocycles. The minimum atomic E-state index is -0.0452. The van der Waals surface area contributed by atoms with Gasteiger partial charge in [-0.15, -0.1) is 5.10 Å². The standard InChI is InChI=1S/C14H19BrN4/c1-4-11(16)14-12(5-2)19(18-17-14)13-8-10(15)7-6-9(13)3/h6-8,11H,4-5,16H2,1-3H3. The molecule has 0 bridgehead atoms. The van der Waals surface area contributed by atoms with Gasteiger partial charge in [-0.3, -0.25) is 0 Å². The van der Waals surface area contributed by atoms with Gasteiger partial charge in [0.15, 0.2) is 0 Å². The van der Waals surface area contributed by atoms with E-state index in [0.717, 1.165) is 34.4 Å². The molecule has 1 heterocycles. The van der Waals surface area contributed by atoms with E-state index in [1.54, 1.807) is 0 Å². The van der Waals surface area contributed by atoms with Crippen LogP contribution in [-0.4, -0.2) is 15.0 Å². The molecule has 4 nitrogen and oxygen atoms in total. The molecule has 0 fully saturated rings.